The first kappa shape index (κ1) is 14.8. The Hall–Kier alpha value is -0.243. The van der Waals surface area contributed by atoms with Gasteiger partial charge in [0.15, 0.2) is 0 Å². The van der Waals surface area contributed by atoms with Gasteiger partial charge in [0.05, 0.1) is 5.76 Å². The molecule has 0 heterocycles. The van der Waals surface area contributed by atoms with E-state index in [0.29, 0.717) is 11.3 Å². The fourth-order valence-corrected chi connectivity index (χ4v) is 3.13. The Morgan fingerprint density at radius 2 is 1.76 bits per heavy atom. The van der Waals surface area contributed by atoms with Crippen molar-refractivity contribution in [1.29, 1.82) is 0 Å². The minimum Gasteiger partial charge on any atom is -0.546 e. The summed E-state index contributed by atoms with van der Waals surface area (Å²) in [5.74, 6) is 1.96. The first-order valence-electron chi connectivity index (χ1n) is 7.08. The summed E-state index contributed by atoms with van der Waals surface area (Å²) in [4.78, 5) is 0. The summed E-state index contributed by atoms with van der Waals surface area (Å²) in [6.07, 6.45) is 10.4. The van der Waals surface area contributed by atoms with Crippen LogP contribution in [0, 0.1) is 11.3 Å². The van der Waals surface area contributed by atoms with Gasteiger partial charge < -0.3 is 4.43 Å². The molecule has 0 aliphatic heterocycles. The predicted molar refractivity (Wildman–Crippen MR) is 77.3 cm³/mol. The molecule has 0 N–H and O–H groups in total. The molecule has 1 unspecified atom stereocenters. The largest absolute Gasteiger partial charge is 0.546 e. The van der Waals surface area contributed by atoms with Crippen LogP contribution in [0.5, 0.6) is 0 Å². The molecule has 1 radical (unpaired) electrons. The highest BCUT2D eigenvalue weighted by Crippen LogP contribution is 2.34. The molecule has 0 saturated heterocycles. The molecule has 0 spiro atoms. The van der Waals surface area contributed by atoms with E-state index >= 15 is 0 Å². The Bertz CT molecular complexity index is 250. The lowest BCUT2D eigenvalue weighted by atomic mass is 9.77. The first-order valence-corrected chi connectivity index (χ1v) is 9.49. The SMILES string of the molecule is C[Si](C)O/C1=C/C(C(C)(C)C)CCCCCC1. The maximum atomic E-state index is 6.07. The van der Waals surface area contributed by atoms with Crippen molar-refractivity contribution in [3.8, 4) is 0 Å². The molecular formula is C15H29OSi. The van der Waals surface area contributed by atoms with Crippen molar-refractivity contribution in [3.63, 3.8) is 0 Å². The lowest BCUT2D eigenvalue weighted by molar-refractivity contribution is 0.265. The molecule has 0 bridgehead atoms. The summed E-state index contributed by atoms with van der Waals surface area (Å²) in [6, 6.07) is 0. The van der Waals surface area contributed by atoms with Gasteiger partial charge in [0.25, 0.3) is 9.04 Å². The van der Waals surface area contributed by atoms with E-state index in [0.717, 1.165) is 6.42 Å². The monoisotopic (exact) mass is 253 g/mol. The lowest BCUT2D eigenvalue weighted by Crippen LogP contribution is -2.19. The van der Waals surface area contributed by atoms with Crippen LogP contribution >= 0.6 is 0 Å². The van der Waals surface area contributed by atoms with Crippen molar-refractivity contribution in [1.82, 2.24) is 0 Å². The molecule has 2 heteroatoms. The molecule has 0 aromatic rings. The van der Waals surface area contributed by atoms with Gasteiger partial charge in [-0.1, -0.05) is 40.0 Å². The molecule has 0 aromatic carbocycles. The highest BCUT2D eigenvalue weighted by atomic mass is 28.3. The zero-order valence-corrected chi connectivity index (χ0v) is 13.3. The molecule has 1 atom stereocenters. The minimum absolute atomic E-state index is 0.368. The summed E-state index contributed by atoms with van der Waals surface area (Å²) < 4.78 is 6.07. The molecule has 99 valence electrons. The van der Waals surface area contributed by atoms with E-state index in [4.69, 9.17) is 4.43 Å². The fraction of sp³-hybridized carbons (Fsp3) is 0.867. The first-order chi connectivity index (χ1) is 7.89. The smallest absolute Gasteiger partial charge is 0.273 e. The van der Waals surface area contributed by atoms with Gasteiger partial charge in [-0.25, -0.2) is 0 Å². The van der Waals surface area contributed by atoms with Crippen LogP contribution in [0.15, 0.2) is 11.8 Å². The average molecular weight is 253 g/mol. The third-order valence-corrected chi connectivity index (χ3v) is 4.19. The maximum absolute atomic E-state index is 6.07. The van der Waals surface area contributed by atoms with E-state index in [9.17, 15) is 0 Å². The van der Waals surface area contributed by atoms with Crippen molar-refractivity contribution in [2.75, 3.05) is 0 Å². The predicted octanol–water partition coefficient (Wildman–Crippen LogP) is 5.15. The fourth-order valence-electron chi connectivity index (χ4n) is 2.44. The zero-order valence-electron chi connectivity index (χ0n) is 12.3. The quantitative estimate of drug-likeness (QED) is 0.618. The number of rotatable bonds is 2. The average Bonchev–Trinajstić information content (AvgIpc) is 2.27. The van der Waals surface area contributed by atoms with E-state index in [1.165, 1.54) is 37.9 Å². The maximum Gasteiger partial charge on any atom is 0.273 e. The second-order valence-electron chi connectivity index (χ2n) is 6.57. The van der Waals surface area contributed by atoms with E-state index < -0.39 is 9.04 Å². The number of hydrogen-bond acceptors (Lipinski definition) is 1. The van der Waals surface area contributed by atoms with Gasteiger partial charge in [-0.05, 0) is 43.3 Å². The lowest BCUT2D eigenvalue weighted by Gasteiger charge is -2.29. The van der Waals surface area contributed by atoms with Gasteiger partial charge >= 0.3 is 0 Å². The minimum atomic E-state index is -0.609. The molecular weight excluding hydrogens is 224 g/mol. The van der Waals surface area contributed by atoms with Gasteiger partial charge in [-0.2, -0.15) is 0 Å². The van der Waals surface area contributed by atoms with Gasteiger partial charge in [0.1, 0.15) is 0 Å². The molecule has 1 aliphatic carbocycles. The van der Waals surface area contributed by atoms with Gasteiger partial charge in [-0.15, -0.1) is 0 Å². The normalized spacial score (nSPS) is 26.7. The number of hydrogen-bond donors (Lipinski definition) is 0. The van der Waals surface area contributed by atoms with Crippen molar-refractivity contribution in [3.05, 3.63) is 11.8 Å². The van der Waals surface area contributed by atoms with Crippen molar-refractivity contribution in [2.24, 2.45) is 11.3 Å². The van der Waals surface area contributed by atoms with E-state index in [1.54, 1.807) is 0 Å². The molecule has 17 heavy (non-hydrogen) atoms. The number of allylic oxidation sites excluding steroid dienone is 2. The third kappa shape index (κ3) is 5.76. The Morgan fingerprint density at radius 1 is 1.12 bits per heavy atom. The summed E-state index contributed by atoms with van der Waals surface area (Å²) in [7, 11) is -0.609. The summed E-state index contributed by atoms with van der Waals surface area (Å²) >= 11 is 0. The zero-order chi connectivity index (χ0) is 12.9. The van der Waals surface area contributed by atoms with Crippen LogP contribution in [0.3, 0.4) is 0 Å². The van der Waals surface area contributed by atoms with Gasteiger partial charge in [0.2, 0.25) is 0 Å². The Morgan fingerprint density at radius 3 is 2.35 bits per heavy atom. The molecule has 0 aromatic heterocycles. The third-order valence-electron chi connectivity index (χ3n) is 3.52. The van der Waals surface area contributed by atoms with Gasteiger partial charge in [-0.3, -0.25) is 0 Å². The molecule has 1 nitrogen and oxygen atoms in total. The van der Waals surface area contributed by atoms with Crippen LogP contribution in [-0.4, -0.2) is 9.04 Å². The standard InChI is InChI=1S/C15H29OSi/c1-15(2,3)13-10-8-6-7-9-11-14(12-13)16-17(4)5/h12-13H,6-11H2,1-5H3/b14-12+. The van der Waals surface area contributed by atoms with Crippen LogP contribution in [0.2, 0.25) is 13.1 Å². The van der Waals surface area contributed by atoms with Crippen LogP contribution in [0.4, 0.5) is 0 Å². The summed E-state index contributed by atoms with van der Waals surface area (Å²) in [5.41, 5.74) is 0.368. The molecule has 1 aliphatic rings. The van der Waals surface area contributed by atoms with E-state index in [1.807, 2.05) is 0 Å². The molecule has 0 saturated carbocycles. The molecule has 0 amide bonds. The van der Waals surface area contributed by atoms with E-state index in [-0.39, 0.29) is 0 Å². The topological polar surface area (TPSA) is 9.23 Å². The van der Waals surface area contributed by atoms with Crippen LogP contribution < -0.4 is 0 Å². The van der Waals surface area contributed by atoms with Crippen LogP contribution in [0.1, 0.15) is 59.3 Å². The second-order valence-corrected chi connectivity index (χ2v) is 8.59. The Kier molecular flexibility index (Phi) is 5.77. The highest BCUT2D eigenvalue weighted by Gasteiger charge is 2.24. The highest BCUT2D eigenvalue weighted by molar-refractivity contribution is 6.48. The Balaban J connectivity index is 2.79. The van der Waals surface area contributed by atoms with Gasteiger partial charge in [0, 0.05) is 6.42 Å². The molecule has 0 fully saturated rings. The van der Waals surface area contributed by atoms with Crippen molar-refractivity contribution < 1.29 is 4.43 Å². The molecule has 1 rings (SSSR count). The Labute approximate surface area is 109 Å². The summed E-state index contributed by atoms with van der Waals surface area (Å²) in [5, 5.41) is 0. The summed E-state index contributed by atoms with van der Waals surface area (Å²) in [6.45, 7) is 11.5. The van der Waals surface area contributed by atoms with Crippen molar-refractivity contribution in [2.45, 2.75) is 72.4 Å². The van der Waals surface area contributed by atoms with Crippen LogP contribution in [0.25, 0.3) is 0 Å². The second kappa shape index (κ2) is 6.63. The van der Waals surface area contributed by atoms with E-state index in [2.05, 4.69) is 39.9 Å². The van der Waals surface area contributed by atoms with Crippen molar-refractivity contribution >= 4 is 9.04 Å². The van der Waals surface area contributed by atoms with Crippen LogP contribution in [-0.2, 0) is 4.43 Å².